The van der Waals surface area contributed by atoms with Gasteiger partial charge in [-0.05, 0) is 45.2 Å². The van der Waals surface area contributed by atoms with Gasteiger partial charge in [-0.3, -0.25) is 0 Å². The summed E-state index contributed by atoms with van der Waals surface area (Å²) in [5, 5.41) is 8.45. The molecule has 0 radical (unpaired) electrons. The van der Waals surface area contributed by atoms with Crippen LogP contribution in [0.3, 0.4) is 0 Å². The molecule has 0 spiro atoms. The van der Waals surface area contributed by atoms with Gasteiger partial charge in [-0.1, -0.05) is 13.3 Å². The molecule has 1 aliphatic rings. The lowest BCUT2D eigenvalue weighted by Gasteiger charge is -2.20. The van der Waals surface area contributed by atoms with E-state index < -0.39 is 0 Å². The minimum Gasteiger partial charge on any atom is -0.367 e. The number of fused-ring (bicyclic) bond motifs is 2. The van der Waals surface area contributed by atoms with Gasteiger partial charge in [0.2, 0.25) is 0 Å². The zero-order valence-electron chi connectivity index (χ0n) is 18.8. The van der Waals surface area contributed by atoms with Crippen molar-refractivity contribution in [3.8, 4) is 11.4 Å². The van der Waals surface area contributed by atoms with Crippen LogP contribution in [0.4, 0.5) is 16.0 Å². The Labute approximate surface area is 186 Å². The van der Waals surface area contributed by atoms with Gasteiger partial charge >= 0.3 is 0 Å². The molecule has 4 aromatic rings. The molecule has 1 atom stereocenters. The zero-order chi connectivity index (χ0) is 22.2. The maximum absolute atomic E-state index is 13.8. The van der Waals surface area contributed by atoms with Gasteiger partial charge in [-0.2, -0.15) is 9.61 Å². The van der Waals surface area contributed by atoms with E-state index in [4.69, 9.17) is 10.1 Å². The third-order valence-electron chi connectivity index (χ3n) is 6.00. The normalized spacial score (nSPS) is 15.1. The molecule has 1 aliphatic heterocycles. The molecule has 166 valence electrons. The van der Waals surface area contributed by atoms with Crippen LogP contribution in [0.15, 0.2) is 30.3 Å². The largest absolute Gasteiger partial charge is 0.367 e. The van der Waals surface area contributed by atoms with Crippen molar-refractivity contribution < 1.29 is 4.39 Å². The first kappa shape index (κ1) is 20.6. The summed E-state index contributed by atoms with van der Waals surface area (Å²) in [5.41, 5.74) is 4.02. The first-order chi connectivity index (χ1) is 15.5. The van der Waals surface area contributed by atoms with E-state index in [2.05, 4.69) is 40.1 Å². The number of nitrogens with zero attached hydrogens (tertiary/aromatic N) is 6. The Hall–Kier alpha value is -3.29. The van der Waals surface area contributed by atoms with Gasteiger partial charge in [0.25, 0.3) is 0 Å². The summed E-state index contributed by atoms with van der Waals surface area (Å²) in [6.45, 7) is 8.32. The van der Waals surface area contributed by atoms with Crippen molar-refractivity contribution >= 4 is 28.3 Å². The molecule has 0 bridgehead atoms. The molecular weight excluding hydrogens is 405 g/mol. The van der Waals surface area contributed by atoms with Gasteiger partial charge in [0.05, 0.1) is 16.7 Å². The fourth-order valence-electron chi connectivity index (χ4n) is 4.40. The van der Waals surface area contributed by atoms with E-state index >= 15 is 0 Å². The lowest BCUT2D eigenvalue weighted by Crippen LogP contribution is -2.22. The second kappa shape index (κ2) is 8.33. The van der Waals surface area contributed by atoms with Gasteiger partial charge < -0.3 is 10.2 Å². The van der Waals surface area contributed by atoms with Gasteiger partial charge in [0.1, 0.15) is 28.8 Å². The molecule has 8 heteroatoms. The Morgan fingerprint density at radius 1 is 1.06 bits per heavy atom. The van der Waals surface area contributed by atoms with Crippen LogP contribution in [0.2, 0.25) is 0 Å². The van der Waals surface area contributed by atoms with Crippen LogP contribution in [0.1, 0.15) is 45.2 Å². The monoisotopic (exact) mass is 433 g/mol. The van der Waals surface area contributed by atoms with Crippen molar-refractivity contribution in [3.63, 3.8) is 0 Å². The summed E-state index contributed by atoms with van der Waals surface area (Å²) >= 11 is 0. The summed E-state index contributed by atoms with van der Waals surface area (Å²) in [5.74, 6) is 1.56. The second-order valence-electron chi connectivity index (χ2n) is 8.62. The van der Waals surface area contributed by atoms with Crippen LogP contribution < -0.4 is 10.2 Å². The maximum Gasteiger partial charge on any atom is 0.160 e. The smallest absolute Gasteiger partial charge is 0.160 e. The number of anilines is 2. The summed E-state index contributed by atoms with van der Waals surface area (Å²) in [6.07, 6.45) is 4.55. The number of benzene rings is 1. The second-order valence-corrected chi connectivity index (χ2v) is 8.62. The van der Waals surface area contributed by atoms with Crippen molar-refractivity contribution in [2.45, 2.75) is 52.5 Å². The lowest BCUT2D eigenvalue weighted by atomic mass is 10.2. The predicted molar refractivity (Wildman–Crippen MR) is 126 cm³/mol. The number of halogens is 1. The van der Waals surface area contributed by atoms with Gasteiger partial charge in [0.15, 0.2) is 5.65 Å². The highest BCUT2D eigenvalue weighted by Crippen LogP contribution is 2.28. The first-order valence-corrected chi connectivity index (χ1v) is 11.4. The Morgan fingerprint density at radius 2 is 1.88 bits per heavy atom. The Morgan fingerprint density at radius 3 is 2.66 bits per heavy atom. The molecule has 1 fully saturated rings. The highest BCUT2D eigenvalue weighted by molar-refractivity contribution is 5.78. The van der Waals surface area contributed by atoms with Gasteiger partial charge in [0, 0.05) is 37.3 Å². The highest BCUT2D eigenvalue weighted by Gasteiger charge is 2.20. The minimum absolute atomic E-state index is 0.315. The number of nitrogens with one attached hydrogen (secondary N) is 1. The average molecular weight is 434 g/mol. The fraction of sp³-hybridized carbons (Fsp3) is 0.417. The summed E-state index contributed by atoms with van der Waals surface area (Å²) < 4.78 is 15.6. The summed E-state index contributed by atoms with van der Waals surface area (Å²) in [4.78, 5) is 16.5. The van der Waals surface area contributed by atoms with Crippen molar-refractivity contribution in [1.82, 2.24) is 24.6 Å². The number of hydrogen-bond acceptors (Lipinski definition) is 6. The standard InChI is InChI=1S/C24H28FN7/c1-4-7-15(2)26-23-14-21(31-10-5-6-11-31)29-22-13-20(30-32(22)23)24-16(3)27-18-9-8-17(25)12-19(18)28-24/h8-9,12-15,26H,4-7,10-11H2,1-3H3. The third-order valence-corrected chi connectivity index (χ3v) is 6.00. The van der Waals surface area contributed by atoms with Gasteiger partial charge in [-0.15, -0.1) is 0 Å². The van der Waals surface area contributed by atoms with Crippen LogP contribution >= 0.6 is 0 Å². The van der Waals surface area contributed by atoms with E-state index in [1.807, 2.05) is 17.5 Å². The molecule has 0 aliphatic carbocycles. The van der Waals surface area contributed by atoms with Crippen molar-refractivity contribution in [1.29, 1.82) is 0 Å². The van der Waals surface area contributed by atoms with Crippen LogP contribution in [-0.2, 0) is 0 Å². The predicted octanol–water partition coefficient (Wildman–Crippen LogP) is 4.99. The van der Waals surface area contributed by atoms with Crippen LogP contribution in [0.25, 0.3) is 28.1 Å². The molecular formula is C24H28FN7. The summed E-state index contributed by atoms with van der Waals surface area (Å²) in [6, 6.07) is 8.81. The van der Waals surface area contributed by atoms with Crippen LogP contribution in [-0.4, -0.2) is 43.7 Å². The molecule has 1 saturated heterocycles. The quantitative estimate of drug-likeness (QED) is 0.462. The summed E-state index contributed by atoms with van der Waals surface area (Å²) in [7, 11) is 0. The van der Waals surface area contributed by atoms with E-state index in [1.54, 1.807) is 6.07 Å². The van der Waals surface area contributed by atoms with E-state index in [0.29, 0.717) is 28.5 Å². The molecule has 4 heterocycles. The topological polar surface area (TPSA) is 71.2 Å². The minimum atomic E-state index is -0.329. The molecule has 1 N–H and O–H groups in total. The van der Waals surface area contributed by atoms with E-state index in [-0.39, 0.29) is 5.82 Å². The number of aromatic nitrogens is 5. The van der Waals surface area contributed by atoms with E-state index in [0.717, 1.165) is 48.9 Å². The molecule has 32 heavy (non-hydrogen) atoms. The SMILES string of the molecule is CCCC(C)Nc1cc(N2CCCC2)nc2cc(-c3nc4cc(F)ccc4nc3C)nn12. The van der Waals surface area contributed by atoms with Crippen molar-refractivity contribution in [3.05, 3.63) is 41.8 Å². The maximum atomic E-state index is 13.8. The third kappa shape index (κ3) is 3.85. The number of hydrogen-bond donors (Lipinski definition) is 1. The molecule has 1 unspecified atom stereocenters. The van der Waals surface area contributed by atoms with Crippen LogP contribution in [0, 0.1) is 12.7 Å². The Balaban J connectivity index is 1.63. The molecule has 5 rings (SSSR count). The molecule has 1 aromatic carbocycles. The van der Waals surface area contributed by atoms with E-state index in [9.17, 15) is 4.39 Å². The number of rotatable bonds is 6. The molecule has 0 saturated carbocycles. The van der Waals surface area contributed by atoms with E-state index in [1.165, 1.54) is 25.0 Å². The molecule has 0 amide bonds. The average Bonchev–Trinajstić information content (AvgIpc) is 3.43. The lowest BCUT2D eigenvalue weighted by molar-refractivity contribution is 0.629. The zero-order valence-corrected chi connectivity index (χ0v) is 18.8. The van der Waals surface area contributed by atoms with Gasteiger partial charge in [-0.25, -0.2) is 19.3 Å². The fourth-order valence-corrected chi connectivity index (χ4v) is 4.40. The van der Waals surface area contributed by atoms with Crippen molar-refractivity contribution in [2.75, 3.05) is 23.3 Å². The molecule has 7 nitrogen and oxygen atoms in total. The Kier molecular flexibility index (Phi) is 5.36. The Bertz CT molecular complexity index is 1280. The van der Waals surface area contributed by atoms with Crippen molar-refractivity contribution in [2.24, 2.45) is 0 Å². The first-order valence-electron chi connectivity index (χ1n) is 11.4. The number of aryl methyl sites for hydroxylation is 1. The van der Waals surface area contributed by atoms with Crippen LogP contribution in [0.5, 0.6) is 0 Å². The molecule has 3 aromatic heterocycles. The highest BCUT2D eigenvalue weighted by atomic mass is 19.1.